The minimum atomic E-state index is -0.202. The maximum Gasteiger partial charge on any atom is 0.286 e. The molecule has 1 N–H and O–H groups in total. The Bertz CT molecular complexity index is 1170. The van der Waals surface area contributed by atoms with Crippen LogP contribution in [-0.4, -0.2) is 47.5 Å². The van der Waals surface area contributed by atoms with E-state index in [9.17, 15) is 4.79 Å². The molecule has 2 heterocycles. The van der Waals surface area contributed by atoms with Gasteiger partial charge in [0.15, 0.2) is 5.69 Å². The number of nitrogens with zero attached hydrogens (tertiary/aromatic N) is 3. The van der Waals surface area contributed by atoms with E-state index in [1.54, 1.807) is 23.9 Å². The van der Waals surface area contributed by atoms with Crippen molar-refractivity contribution in [2.75, 3.05) is 26.8 Å². The molecular weight excluding hydrogens is 495 g/mol. The average molecular weight is 530 g/mol. The van der Waals surface area contributed by atoms with Crippen LogP contribution in [0.3, 0.4) is 0 Å². The number of nitrogens with one attached hydrogen (secondary N) is 1. The fourth-order valence-corrected chi connectivity index (χ4v) is 5.15. The molecule has 1 aliphatic heterocycles. The van der Waals surface area contributed by atoms with E-state index < -0.39 is 0 Å². The lowest BCUT2D eigenvalue weighted by Gasteiger charge is -2.26. The van der Waals surface area contributed by atoms with Gasteiger partial charge in [-0.3, -0.25) is 10.2 Å². The SMILES string of the molecule is COCCCCCc1ccc(-c2c(C)c(C(=O)NN3CCCCC3)nn2-c2ccc(Cl)cc2Cl)cc1. The predicted molar refractivity (Wildman–Crippen MR) is 146 cm³/mol. The van der Waals surface area contributed by atoms with Gasteiger partial charge in [-0.25, -0.2) is 9.69 Å². The van der Waals surface area contributed by atoms with Gasteiger partial charge >= 0.3 is 0 Å². The lowest BCUT2D eigenvalue weighted by molar-refractivity contribution is 0.0743. The number of aryl methyl sites for hydroxylation is 1. The van der Waals surface area contributed by atoms with Crippen molar-refractivity contribution < 1.29 is 9.53 Å². The minimum absolute atomic E-state index is 0.202. The van der Waals surface area contributed by atoms with Crippen molar-refractivity contribution in [3.05, 3.63) is 69.3 Å². The molecule has 1 saturated heterocycles. The second kappa shape index (κ2) is 12.7. The number of rotatable bonds is 10. The van der Waals surface area contributed by atoms with Crippen LogP contribution in [0.25, 0.3) is 16.9 Å². The molecule has 3 aromatic rings. The molecule has 1 amide bonds. The van der Waals surface area contributed by atoms with Crippen molar-refractivity contribution >= 4 is 29.1 Å². The number of carbonyl (C=O) groups excluding carboxylic acids is 1. The van der Waals surface area contributed by atoms with Crippen LogP contribution in [0, 0.1) is 6.92 Å². The molecule has 1 aromatic heterocycles. The molecular formula is C28H34Cl2N4O2. The van der Waals surface area contributed by atoms with Gasteiger partial charge in [0, 0.05) is 43.0 Å². The Kier molecular flexibility index (Phi) is 9.43. The lowest BCUT2D eigenvalue weighted by atomic mass is 10.0. The number of amides is 1. The van der Waals surface area contributed by atoms with Gasteiger partial charge in [-0.1, -0.05) is 60.3 Å². The molecule has 0 aliphatic carbocycles. The van der Waals surface area contributed by atoms with Crippen LogP contribution >= 0.6 is 23.2 Å². The Hall–Kier alpha value is -2.38. The van der Waals surface area contributed by atoms with E-state index in [4.69, 9.17) is 33.0 Å². The maximum atomic E-state index is 13.3. The number of hydrogen-bond acceptors (Lipinski definition) is 4. The predicted octanol–water partition coefficient (Wildman–Crippen LogP) is 6.64. The number of aromatic nitrogens is 2. The third-order valence-corrected chi connectivity index (χ3v) is 7.17. The van der Waals surface area contributed by atoms with Crippen LogP contribution in [-0.2, 0) is 11.2 Å². The van der Waals surface area contributed by atoms with Gasteiger partial charge in [0.1, 0.15) is 0 Å². The van der Waals surface area contributed by atoms with Crippen molar-refractivity contribution in [3.8, 4) is 16.9 Å². The summed E-state index contributed by atoms with van der Waals surface area (Å²) in [6, 6.07) is 13.8. The molecule has 0 spiro atoms. The first-order valence-electron chi connectivity index (χ1n) is 12.7. The second-order valence-corrected chi connectivity index (χ2v) is 10.2. The van der Waals surface area contributed by atoms with Crippen LogP contribution in [0.5, 0.6) is 0 Å². The average Bonchev–Trinajstić information content (AvgIpc) is 3.21. The van der Waals surface area contributed by atoms with E-state index in [1.807, 2.05) is 18.0 Å². The number of unbranched alkanes of at least 4 members (excludes halogenated alkanes) is 2. The zero-order chi connectivity index (χ0) is 25.5. The molecule has 6 nitrogen and oxygen atoms in total. The number of ether oxygens (including phenoxy) is 1. The fraction of sp³-hybridized carbons (Fsp3) is 0.429. The van der Waals surface area contributed by atoms with Crippen LogP contribution in [0.1, 0.15) is 60.1 Å². The number of benzene rings is 2. The molecule has 0 atom stereocenters. The molecule has 0 saturated carbocycles. The van der Waals surface area contributed by atoms with E-state index >= 15 is 0 Å². The molecule has 4 rings (SSSR count). The number of halogens is 2. The summed E-state index contributed by atoms with van der Waals surface area (Å²) in [5.41, 5.74) is 8.03. The molecule has 192 valence electrons. The van der Waals surface area contributed by atoms with Gasteiger partial charge in [0.2, 0.25) is 0 Å². The maximum absolute atomic E-state index is 13.3. The molecule has 0 radical (unpaired) electrons. The Labute approximate surface area is 223 Å². The highest BCUT2D eigenvalue weighted by Gasteiger charge is 2.25. The molecule has 0 bridgehead atoms. The molecule has 1 fully saturated rings. The second-order valence-electron chi connectivity index (χ2n) is 9.32. The summed E-state index contributed by atoms with van der Waals surface area (Å²) in [6.45, 7) is 4.46. The zero-order valence-corrected chi connectivity index (χ0v) is 22.5. The number of piperidine rings is 1. The Morgan fingerprint density at radius 3 is 2.47 bits per heavy atom. The Balaban J connectivity index is 1.64. The third kappa shape index (κ3) is 6.48. The minimum Gasteiger partial charge on any atom is -0.385 e. The smallest absolute Gasteiger partial charge is 0.286 e. The highest BCUT2D eigenvalue weighted by atomic mass is 35.5. The van der Waals surface area contributed by atoms with Gasteiger partial charge < -0.3 is 4.74 Å². The Morgan fingerprint density at radius 2 is 1.78 bits per heavy atom. The summed E-state index contributed by atoms with van der Waals surface area (Å²) in [4.78, 5) is 13.3. The zero-order valence-electron chi connectivity index (χ0n) is 21.0. The van der Waals surface area contributed by atoms with Crippen molar-refractivity contribution in [2.24, 2.45) is 0 Å². The first-order chi connectivity index (χ1) is 17.5. The van der Waals surface area contributed by atoms with Crippen LogP contribution < -0.4 is 5.43 Å². The van der Waals surface area contributed by atoms with Gasteiger partial charge in [0.25, 0.3) is 5.91 Å². The van der Waals surface area contributed by atoms with Gasteiger partial charge in [0.05, 0.1) is 16.4 Å². The van der Waals surface area contributed by atoms with Crippen LogP contribution in [0.4, 0.5) is 0 Å². The number of hydrazine groups is 1. The third-order valence-electron chi connectivity index (χ3n) is 6.63. The van der Waals surface area contributed by atoms with Crippen molar-refractivity contribution in [3.63, 3.8) is 0 Å². The molecule has 8 heteroatoms. The standard InChI is InChI=1S/C28H34Cl2N4O2/c1-20-26(28(35)32-33-16-6-4-7-17-33)31-34(25-15-14-23(29)19-24(25)30)27(20)22-12-10-21(11-13-22)9-5-3-8-18-36-2/h10-15,19H,3-9,16-18H2,1-2H3,(H,32,35). The Morgan fingerprint density at radius 1 is 1.03 bits per heavy atom. The summed E-state index contributed by atoms with van der Waals surface area (Å²) >= 11 is 12.7. The first-order valence-corrected chi connectivity index (χ1v) is 13.4. The summed E-state index contributed by atoms with van der Waals surface area (Å²) < 4.78 is 6.90. The summed E-state index contributed by atoms with van der Waals surface area (Å²) in [5, 5.41) is 7.76. The van der Waals surface area contributed by atoms with Crippen molar-refractivity contribution in [1.82, 2.24) is 20.2 Å². The summed E-state index contributed by atoms with van der Waals surface area (Å²) in [7, 11) is 1.74. The monoisotopic (exact) mass is 528 g/mol. The van der Waals surface area contributed by atoms with E-state index in [0.717, 1.165) is 75.0 Å². The highest BCUT2D eigenvalue weighted by molar-refractivity contribution is 6.35. The van der Waals surface area contributed by atoms with Gasteiger partial charge in [-0.2, -0.15) is 5.10 Å². The summed E-state index contributed by atoms with van der Waals surface area (Å²) in [5.74, 6) is -0.202. The molecule has 36 heavy (non-hydrogen) atoms. The first kappa shape index (κ1) is 26.7. The molecule has 1 aliphatic rings. The number of hydrogen-bond donors (Lipinski definition) is 1. The number of methoxy groups -OCH3 is 1. The highest BCUT2D eigenvalue weighted by Crippen LogP contribution is 2.33. The summed E-state index contributed by atoms with van der Waals surface area (Å²) in [6.07, 6.45) is 7.73. The van der Waals surface area contributed by atoms with Crippen molar-refractivity contribution in [1.29, 1.82) is 0 Å². The van der Waals surface area contributed by atoms with Crippen LogP contribution in [0.15, 0.2) is 42.5 Å². The van der Waals surface area contributed by atoms with Gasteiger partial charge in [-0.15, -0.1) is 0 Å². The van der Waals surface area contributed by atoms with E-state index in [-0.39, 0.29) is 5.91 Å². The largest absolute Gasteiger partial charge is 0.385 e. The molecule has 0 unspecified atom stereocenters. The van der Waals surface area contributed by atoms with E-state index in [2.05, 4.69) is 29.7 Å². The van der Waals surface area contributed by atoms with Crippen molar-refractivity contribution in [2.45, 2.75) is 51.9 Å². The lowest BCUT2D eigenvalue weighted by Crippen LogP contribution is -2.45. The quantitative estimate of drug-likeness (QED) is 0.299. The fourth-order valence-electron chi connectivity index (χ4n) is 4.66. The van der Waals surface area contributed by atoms with E-state index in [1.165, 1.54) is 12.0 Å². The van der Waals surface area contributed by atoms with E-state index in [0.29, 0.717) is 21.4 Å². The topological polar surface area (TPSA) is 59.4 Å². The van der Waals surface area contributed by atoms with Gasteiger partial charge in [-0.05, 0) is 62.8 Å². The molecule has 2 aromatic carbocycles. The normalized spacial score (nSPS) is 14.2. The number of carbonyl (C=O) groups is 1. The van der Waals surface area contributed by atoms with Crippen LogP contribution in [0.2, 0.25) is 10.0 Å².